The summed E-state index contributed by atoms with van der Waals surface area (Å²) >= 11 is 0. The molecule has 2 rings (SSSR count). The molecule has 21 heavy (non-hydrogen) atoms. The molecule has 1 aromatic rings. The first kappa shape index (κ1) is 15.5. The highest BCUT2D eigenvalue weighted by atomic mass is 16.5. The molecule has 5 nitrogen and oxygen atoms in total. The lowest BCUT2D eigenvalue weighted by molar-refractivity contribution is -0.154. The van der Waals surface area contributed by atoms with Crippen LogP contribution in [0.5, 0.6) is 0 Å². The molecule has 2 unspecified atom stereocenters. The van der Waals surface area contributed by atoms with Crippen LogP contribution in [0.25, 0.3) is 0 Å². The number of rotatable bonds is 4. The third-order valence-corrected chi connectivity index (χ3v) is 3.88. The van der Waals surface area contributed by atoms with Crippen molar-refractivity contribution in [2.24, 2.45) is 5.92 Å². The smallest absolute Gasteiger partial charge is 0.315 e. The van der Waals surface area contributed by atoms with Crippen molar-refractivity contribution in [1.29, 1.82) is 0 Å². The van der Waals surface area contributed by atoms with Crippen LogP contribution in [0.4, 0.5) is 0 Å². The summed E-state index contributed by atoms with van der Waals surface area (Å²) in [6, 6.07) is 8.13. The van der Waals surface area contributed by atoms with E-state index in [-0.39, 0.29) is 12.0 Å². The van der Waals surface area contributed by atoms with Gasteiger partial charge in [-0.15, -0.1) is 0 Å². The van der Waals surface area contributed by atoms with E-state index in [1.165, 1.54) is 12.5 Å². The lowest BCUT2D eigenvalue weighted by atomic mass is 10.0. The second kappa shape index (κ2) is 6.72. The second-order valence-electron chi connectivity index (χ2n) is 5.30. The molecule has 114 valence electrons. The van der Waals surface area contributed by atoms with Gasteiger partial charge in [0.2, 0.25) is 5.91 Å². The monoisotopic (exact) mass is 291 g/mol. The summed E-state index contributed by atoms with van der Waals surface area (Å²) in [6.45, 7) is 4.80. The molecule has 1 aliphatic heterocycles. The molecular formula is C16H21NO4. The van der Waals surface area contributed by atoms with Crippen LogP contribution in [-0.4, -0.2) is 41.6 Å². The first-order chi connectivity index (χ1) is 10.0. The van der Waals surface area contributed by atoms with Gasteiger partial charge in [-0.05, 0) is 24.5 Å². The van der Waals surface area contributed by atoms with Crippen LogP contribution in [0.15, 0.2) is 24.3 Å². The van der Waals surface area contributed by atoms with Crippen molar-refractivity contribution < 1.29 is 19.4 Å². The zero-order chi connectivity index (χ0) is 15.4. The molecule has 5 heteroatoms. The minimum atomic E-state index is -1.09. The standard InChI is InChI=1S/C16H21NO4/c1-3-12-4-6-13(7-5-12)14-10-17(8-9-21-14)15(18)11(2)16(19)20/h4-7,11,14H,3,8-10H2,1-2H3,(H,19,20). The average molecular weight is 291 g/mol. The number of carboxylic acids is 1. The fraction of sp³-hybridized carbons (Fsp3) is 0.500. The maximum absolute atomic E-state index is 12.1. The number of aryl methyl sites for hydroxylation is 1. The van der Waals surface area contributed by atoms with Crippen LogP contribution in [0, 0.1) is 5.92 Å². The quantitative estimate of drug-likeness (QED) is 0.860. The molecule has 0 aliphatic carbocycles. The maximum atomic E-state index is 12.1. The Morgan fingerprint density at radius 3 is 2.62 bits per heavy atom. The highest BCUT2D eigenvalue weighted by molar-refractivity contribution is 5.96. The third-order valence-electron chi connectivity index (χ3n) is 3.88. The first-order valence-corrected chi connectivity index (χ1v) is 7.25. The topological polar surface area (TPSA) is 66.8 Å². The number of hydrogen-bond donors (Lipinski definition) is 1. The van der Waals surface area contributed by atoms with Crippen LogP contribution in [0.1, 0.15) is 31.1 Å². The SMILES string of the molecule is CCc1ccc(C2CN(C(=O)C(C)C(=O)O)CCO2)cc1. The molecule has 1 aliphatic rings. The zero-order valence-electron chi connectivity index (χ0n) is 12.4. The van der Waals surface area contributed by atoms with Gasteiger partial charge in [0.1, 0.15) is 12.0 Å². The minimum absolute atomic E-state index is 0.186. The van der Waals surface area contributed by atoms with Gasteiger partial charge >= 0.3 is 5.97 Å². The number of hydrogen-bond acceptors (Lipinski definition) is 3. The summed E-state index contributed by atoms with van der Waals surface area (Å²) in [4.78, 5) is 24.6. The van der Waals surface area contributed by atoms with Crippen LogP contribution < -0.4 is 0 Å². The number of aliphatic carboxylic acids is 1. The van der Waals surface area contributed by atoms with E-state index in [9.17, 15) is 9.59 Å². The van der Waals surface area contributed by atoms with E-state index >= 15 is 0 Å². The van der Waals surface area contributed by atoms with Crippen molar-refractivity contribution in [1.82, 2.24) is 4.90 Å². The largest absolute Gasteiger partial charge is 0.481 e. The average Bonchev–Trinajstić information content (AvgIpc) is 2.53. The first-order valence-electron chi connectivity index (χ1n) is 7.25. The van der Waals surface area contributed by atoms with Crippen molar-refractivity contribution >= 4 is 11.9 Å². The van der Waals surface area contributed by atoms with E-state index in [0.717, 1.165) is 12.0 Å². The molecular weight excluding hydrogens is 270 g/mol. The molecule has 1 heterocycles. The number of benzene rings is 1. The summed E-state index contributed by atoms with van der Waals surface area (Å²) in [5.74, 6) is -2.44. The van der Waals surface area contributed by atoms with Crippen LogP contribution in [-0.2, 0) is 20.7 Å². The van der Waals surface area contributed by atoms with Gasteiger partial charge in [-0.2, -0.15) is 0 Å². The Labute approximate surface area is 124 Å². The molecule has 0 bridgehead atoms. The lowest BCUT2D eigenvalue weighted by Crippen LogP contribution is -2.45. The maximum Gasteiger partial charge on any atom is 0.315 e. The third kappa shape index (κ3) is 3.61. The normalized spacial score (nSPS) is 20.1. The fourth-order valence-electron chi connectivity index (χ4n) is 2.40. The summed E-state index contributed by atoms with van der Waals surface area (Å²) in [7, 11) is 0. The minimum Gasteiger partial charge on any atom is -0.481 e. The predicted octanol–water partition coefficient (Wildman–Crippen LogP) is 1.87. The van der Waals surface area contributed by atoms with Gasteiger partial charge in [0, 0.05) is 6.54 Å². The Bertz CT molecular complexity index is 512. The van der Waals surface area contributed by atoms with Gasteiger partial charge in [-0.1, -0.05) is 31.2 Å². The van der Waals surface area contributed by atoms with Crippen molar-refractivity contribution in [2.45, 2.75) is 26.4 Å². The number of carbonyl (C=O) groups is 2. The van der Waals surface area contributed by atoms with Gasteiger partial charge < -0.3 is 14.7 Å². The number of nitrogens with zero attached hydrogens (tertiary/aromatic N) is 1. The Hall–Kier alpha value is -1.88. The lowest BCUT2D eigenvalue weighted by Gasteiger charge is -2.34. The van der Waals surface area contributed by atoms with Gasteiger partial charge in [0.15, 0.2) is 0 Å². The molecule has 1 amide bonds. The zero-order valence-corrected chi connectivity index (χ0v) is 12.4. The number of morpholine rings is 1. The van der Waals surface area contributed by atoms with E-state index in [0.29, 0.717) is 19.7 Å². The summed E-state index contributed by atoms with van der Waals surface area (Å²) < 4.78 is 5.72. The predicted molar refractivity (Wildman–Crippen MR) is 77.9 cm³/mol. The van der Waals surface area contributed by atoms with E-state index < -0.39 is 11.9 Å². The van der Waals surface area contributed by atoms with Crippen LogP contribution in [0.3, 0.4) is 0 Å². The van der Waals surface area contributed by atoms with Crippen molar-refractivity contribution in [3.8, 4) is 0 Å². The number of ether oxygens (including phenoxy) is 1. The van der Waals surface area contributed by atoms with E-state index in [1.54, 1.807) is 4.90 Å². The molecule has 0 aromatic heterocycles. The Morgan fingerprint density at radius 1 is 1.38 bits per heavy atom. The number of carboxylic acid groups (broad SMARTS) is 1. The molecule has 1 saturated heterocycles. The van der Waals surface area contributed by atoms with Crippen molar-refractivity contribution in [3.05, 3.63) is 35.4 Å². The van der Waals surface area contributed by atoms with Crippen LogP contribution in [0.2, 0.25) is 0 Å². The highest BCUT2D eigenvalue weighted by Gasteiger charge is 2.31. The number of carbonyl (C=O) groups excluding carboxylic acids is 1. The Balaban J connectivity index is 2.06. The summed E-state index contributed by atoms with van der Waals surface area (Å²) in [6.07, 6.45) is 0.793. The highest BCUT2D eigenvalue weighted by Crippen LogP contribution is 2.23. The molecule has 1 N–H and O–H groups in total. The molecule has 2 atom stereocenters. The fourth-order valence-corrected chi connectivity index (χ4v) is 2.40. The van der Waals surface area contributed by atoms with Crippen molar-refractivity contribution in [3.63, 3.8) is 0 Å². The van der Waals surface area contributed by atoms with Gasteiger partial charge in [0.05, 0.1) is 13.2 Å². The van der Waals surface area contributed by atoms with Gasteiger partial charge in [0.25, 0.3) is 0 Å². The van der Waals surface area contributed by atoms with E-state index in [2.05, 4.69) is 19.1 Å². The number of amides is 1. The molecule has 0 spiro atoms. The Kier molecular flexibility index (Phi) is 4.96. The summed E-state index contributed by atoms with van der Waals surface area (Å²) in [5.41, 5.74) is 2.27. The Morgan fingerprint density at radius 2 is 2.05 bits per heavy atom. The molecule has 0 saturated carbocycles. The van der Waals surface area contributed by atoms with Gasteiger partial charge in [-0.3, -0.25) is 9.59 Å². The van der Waals surface area contributed by atoms with Gasteiger partial charge in [-0.25, -0.2) is 0 Å². The summed E-state index contributed by atoms with van der Waals surface area (Å²) in [5, 5.41) is 8.94. The van der Waals surface area contributed by atoms with Crippen LogP contribution >= 0.6 is 0 Å². The second-order valence-corrected chi connectivity index (χ2v) is 5.30. The molecule has 1 fully saturated rings. The van der Waals surface area contributed by atoms with E-state index in [1.807, 2.05) is 12.1 Å². The molecule has 0 radical (unpaired) electrons. The molecule has 1 aromatic carbocycles. The van der Waals surface area contributed by atoms with Crippen molar-refractivity contribution in [2.75, 3.05) is 19.7 Å². The van der Waals surface area contributed by atoms with E-state index in [4.69, 9.17) is 9.84 Å².